The summed E-state index contributed by atoms with van der Waals surface area (Å²) in [6.07, 6.45) is 7.06. The minimum atomic E-state index is -0.491. The number of amides is 1. The molecule has 0 aromatic carbocycles. The predicted octanol–water partition coefficient (Wildman–Crippen LogP) is 2.88. The van der Waals surface area contributed by atoms with Gasteiger partial charge in [-0.1, -0.05) is 0 Å². The molecule has 2 aliphatic carbocycles. The third-order valence-corrected chi connectivity index (χ3v) is 5.51. The predicted molar refractivity (Wildman–Crippen MR) is 108 cm³/mol. The van der Waals surface area contributed by atoms with Crippen LogP contribution in [-0.4, -0.2) is 51.4 Å². The number of nitrogens with one attached hydrogen (secondary N) is 1. The molecule has 2 saturated carbocycles. The van der Waals surface area contributed by atoms with Crippen LogP contribution < -0.4 is 14.8 Å². The molecule has 2 heterocycles. The molecule has 0 aliphatic heterocycles. The number of carbonyl (C=O) groups is 1. The molecule has 0 saturated heterocycles. The third-order valence-electron chi connectivity index (χ3n) is 5.51. The van der Waals surface area contributed by atoms with E-state index in [0.717, 1.165) is 38.5 Å². The molecular formula is C21H29FN4O4. The van der Waals surface area contributed by atoms with E-state index < -0.39 is 5.82 Å². The molecule has 1 atom stereocenters. The average Bonchev–Trinajstić information content (AvgIpc) is 3.46. The number of halogens is 1. The second-order valence-corrected chi connectivity index (χ2v) is 8.33. The molecule has 8 nitrogen and oxygen atoms in total. The summed E-state index contributed by atoms with van der Waals surface area (Å²) in [5.74, 6) is -0.510. The molecular weight excluding hydrogens is 391 g/mol. The van der Waals surface area contributed by atoms with Crippen molar-refractivity contribution in [2.45, 2.75) is 76.7 Å². The second-order valence-electron chi connectivity index (χ2n) is 8.33. The van der Waals surface area contributed by atoms with Crippen LogP contribution in [0.15, 0.2) is 6.20 Å². The summed E-state index contributed by atoms with van der Waals surface area (Å²) in [6.45, 7) is 3.93. The number of ether oxygens (including phenoxy) is 3. The van der Waals surface area contributed by atoms with Gasteiger partial charge in [0.1, 0.15) is 23.2 Å². The van der Waals surface area contributed by atoms with E-state index in [1.54, 1.807) is 11.6 Å². The molecule has 164 valence electrons. The number of imidazole rings is 1. The fourth-order valence-corrected chi connectivity index (χ4v) is 3.79. The van der Waals surface area contributed by atoms with Crippen molar-refractivity contribution in [2.24, 2.45) is 7.05 Å². The number of carbonyl (C=O) groups excluding carboxylic acids is 1. The number of hydrogen-bond acceptors (Lipinski definition) is 6. The van der Waals surface area contributed by atoms with E-state index in [4.69, 9.17) is 14.2 Å². The molecule has 0 radical (unpaired) electrons. The molecule has 0 bridgehead atoms. The molecule has 1 amide bonds. The van der Waals surface area contributed by atoms with Gasteiger partial charge >= 0.3 is 0 Å². The van der Waals surface area contributed by atoms with Crippen molar-refractivity contribution in [2.75, 3.05) is 6.61 Å². The number of pyridine rings is 1. The summed E-state index contributed by atoms with van der Waals surface area (Å²) in [4.78, 5) is 19.6. The van der Waals surface area contributed by atoms with E-state index >= 15 is 0 Å². The first-order valence-electron chi connectivity index (χ1n) is 10.6. The molecule has 0 unspecified atom stereocenters. The summed E-state index contributed by atoms with van der Waals surface area (Å²) >= 11 is 0. The Morgan fingerprint density at radius 3 is 2.50 bits per heavy atom. The van der Waals surface area contributed by atoms with E-state index in [9.17, 15) is 9.18 Å². The first kappa shape index (κ1) is 20.8. The molecule has 2 fully saturated rings. The molecule has 0 spiro atoms. The molecule has 2 aliphatic rings. The summed E-state index contributed by atoms with van der Waals surface area (Å²) < 4.78 is 34.0. The van der Waals surface area contributed by atoms with Gasteiger partial charge in [0.05, 0.1) is 18.9 Å². The number of aromatic nitrogens is 3. The van der Waals surface area contributed by atoms with E-state index in [2.05, 4.69) is 15.3 Å². The topological polar surface area (TPSA) is 87.5 Å². The number of aryl methyl sites for hydroxylation is 1. The maximum atomic E-state index is 14.8. The zero-order chi connectivity index (χ0) is 21.3. The van der Waals surface area contributed by atoms with Gasteiger partial charge in [0.25, 0.3) is 11.9 Å². The van der Waals surface area contributed by atoms with Gasteiger partial charge in [0, 0.05) is 20.0 Å². The zero-order valence-electron chi connectivity index (χ0n) is 17.7. The molecule has 9 heteroatoms. The lowest BCUT2D eigenvalue weighted by atomic mass is 9.95. The third kappa shape index (κ3) is 4.83. The number of rotatable bonds is 8. The van der Waals surface area contributed by atoms with Crippen molar-refractivity contribution in [3.05, 3.63) is 12.0 Å². The van der Waals surface area contributed by atoms with E-state index in [-0.39, 0.29) is 36.1 Å². The molecule has 30 heavy (non-hydrogen) atoms. The Kier molecular flexibility index (Phi) is 6.08. The van der Waals surface area contributed by atoms with Gasteiger partial charge < -0.3 is 19.5 Å². The van der Waals surface area contributed by atoms with Crippen LogP contribution in [0.3, 0.4) is 0 Å². The van der Waals surface area contributed by atoms with E-state index in [0.29, 0.717) is 23.7 Å². The largest absolute Gasteiger partial charge is 0.472 e. The fraction of sp³-hybridized carbons (Fsp3) is 0.667. The van der Waals surface area contributed by atoms with Gasteiger partial charge in [-0.15, -0.1) is 0 Å². The highest BCUT2D eigenvalue weighted by Crippen LogP contribution is 2.32. The highest BCUT2D eigenvalue weighted by molar-refractivity contribution is 5.77. The molecule has 1 N–H and O–H groups in total. The lowest BCUT2D eigenvalue weighted by molar-refractivity contribution is -0.120. The van der Waals surface area contributed by atoms with Gasteiger partial charge in [-0.2, -0.15) is 9.37 Å². The SMILES string of the molecule is CC(=O)N[C@@H](C)COC1CCC(Oc2nc3cnc(OC4CC4)c(F)c3n2C)CC1. The minimum absolute atomic E-state index is 0.00578. The standard InChI is InChI=1S/C21H29FN4O4/c1-12(24-13(2)27)11-28-14-4-6-16(7-5-14)30-21-25-17-10-23-20(29-15-8-9-15)18(22)19(17)26(21)3/h10,12,14-16H,4-9,11H2,1-3H3,(H,24,27)/t12-,14?,16?/m0/s1. The average molecular weight is 420 g/mol. The van der Waals surface area contributed by atoms with Gasteiger partial charge in [-0.25, -0.2) is 4.98 Å². The van der Waals surface area contributed by atoms with Gasteiger partial charge in [0.15, 0.2) is 0 Å². The van der Waals surface area contributed by atoms with Crippen LogP contribution in [0, 0.1) is 5.82 Å². The summed E-state index contributed by atoms with van der Waals surface area (Å²) in [6, 6.07) is 0.381. The maximum absolute atomic E-state index is 14.8. The minimum Gasteiger partial charge on any atom is -0.472 e. The van der Waals surface area contributed by atoms with Crippen LogP contribution in [0.25, 0.3) is 11.0 Å². The monoisotopic (exact) mass is 420 g/mol. The van der Waals surface area contributed by atoms with Gasteiger partial charge in [-0.05, 0) is 45.4 Å². The van der Waals surface area contributed by atoms with Crippen LogP contribution >= 0.6 is 0 Å². The maximum Gasteiger partial charge on any atom is 0.297 e. The van der Waals surface area contributed by atoms with Crippen molar-refractivity contribution in [3.63, 3.8) is 0 Å². The smallest absolute Gasteiger partial charge is 0.297 e. The fourth-order valence-electron chi connectivity index (χ4n) is 3.79. The second kappa shape index (κ2) is 8.75. The Bertz CT molecular complexity index is 906. The van der Waals surface area contributed by atoms with E-state index in [1.807, 2.05) is 6.92 Å². The number of hydrogen-bond donors (Lipinski definition) is 1. The van der Waals surface area contributed by atoms with Crippen LogP contribution in [0.2, 0.25) is 0 Å². The lowest BCUT2D eigenvalue weighted by Crippen LogP contribution is -2.37. The Morgan fingerprint density at radius 1 is 1.20 bits per heavy atom. The first-order valence-corrected chi connectivity index (χ1v) is 10.6. The van der Waals surface area contributed by atoms with Crippen molar-refractivity contribution in [1.82, 2.24) is 19.9 Å². The van der Waals surface area contributed by atoms with Crippen molar-refractivity contribution >= 4 is 16.9 Å². The van der Waals surface area contributed by atoms with E-state index in [1.165, 1.54) is 13.1 Å². The highest BCUT2D eigenvalue weighted by atomic mass is 19.1. The quantitative estimate of drug-likeness (QED) is 0.707. The Labute approximate surface area is 175 Å². The number of nitrogens with zero attached hydrogens (tertiary/aromatic N) is 3. The zero-order valence-corrected chi connectivity index (χ0v) is 17.7. The van der Waals surface area contributed by atoms with Gasteiger partial charge in [0.2, 0.25) is 11.7 Å². The number of fused-ring (bicyclic) bond motifs is 1. The van der Waals surface area contributed by atoms with Crippen LogP contribution in [0.5, 0.6) is 11.9 Å². The first-order chi connectivity index (χ1) is 14.4. The van der Waals surface area contributed by atoms with Crippen LogP contribution in [0.1, 0.15) is 52.4 Å². The summed E-state index contributed by atoms with van der Waals surface area (Å²) in [7, 11) is 1.74. The van der Waals surface area contributed by atoms with Crippen molar-refractivity contribution in [1.29, 1.82) is 0 Å². The summed E-state index contributed by atoms with van der Waals surface area (Å²) in [5.41, 5.74) is 0.803. The molecule has 4 rings (SSSR count). The lowest BCUT2D eigenvalue weighted by Gasteiger charge is -2.29. The normalized spacial score (nSPS) is 22.7. The van der Waals surface area contributed by atoms with Crippen LogP contribution in [-0.2, 0) is 16.6 Å². The molecule has 2 aromatic heterocycles. The van der Waals surface area contributed by atoms with Crippen molar-refractivity contribution in [3.8, 4) is 11.9 Å². The Hall–Kier alpha value is -2.42. The van der Waals surface area contributed by atoms with Crippen LogP contribution in [0.4, 0.5) is 4.39 Å². The molecule has 2 aromatic rings. The summed E-state index contributed by atoms with van der Waals surface area (Å²) in [5, 5.41) is 2.82. The highest BCUT2D eigenvalue weighted by Gasteiger charge is 2.28. The Morgan fingerprint density at radius 2 is 1.83 bits per heavy atom. The van der Waals surface area contributed by atoms with Gasteiger partial charge in [-0.3, -0.25) is 9.36 Å². The van der Waals surface area contributed by atoms with Crippen molar-refractivity contribution < 1.29 is 23.4 Å². The Balaban J connectivity index is 1.33.